The van der Waals surface area contributed by atoms with E-state index in [-0.39, 0.29) is 7.43 Å². The van der Waals surface area contributed by atoms with Crippen molar-refractivity contribution < 1.29 is 0 Å². The predicted molar refractivity (Wildman–Crippen MR) is 133 cm³/mol. The quantitative estimate of drug-likeness (QED) is 0.410. The van der Waals surface area contributed by atoms with Crippen LogP contribution in [0.15, 0.2) is 12.7 Å². The van der Waals surface area contributed by atoms with Crippen molar-refractivity contribution in [3.05, 3.63) is 12.7 Å². The molecule has 5 saturated carbocycles. The minimum atomic E-state index is 0. The molecule has 0 aliphatic heterocycles. The Bertz CT molecular complexity index is 528. The first kappa shape index (κ1) is 26.8. The van der Waals surface area contributed by atoms with Crippen LogP contribution < -0.4 is 0 Å². The highest BCUT2D eigenvalue weighted by Gasteiger charge is 2.53. The Morgan fingerprint density at radius 2 is 1.14 bits per heavy atom. The van der Waals surface area contributed by atoms with Crippen LogP contribution in [0.2, 0.25) is 0 Å². The SMILES string of the molecule is C.C=CC1CC1(C)C.CC1(C)CC1C1CC1.CC1CC1(C)C.CCC1CC1(C)C. The molecule has 0 aromatic heterocycles. The van der Waals surface area contributed by atoms with Crippen LogP contribution in [0.1, 0.15) is 122 Å². The zero-order valence-electron chi connectivity index (χ0n) is 21.1. The second-order valence-corrected chi connectivity index (χ2v) is 13.6. The Morgan fingerprint density at radius 3 is 1.17 bits per heavy atom. The molecular weight excluding hydrogens is 348 g/mol. The molecule has 4 unspecified atom stereocenters. The standard InChI is InChI=1S/C8H14.C7H14.C7H12.C6H12.CH4/c1-8(2)5-7(8)6-3-4-6;2*1-4-6-5-7(6,2)3;1-5-4-6(5,2)3;/h6-7H,3-5H2,1-2H3;6H,4-5H2,1-3H3;4,6H,1,5H2,2-3H3;5H,4H2,1-3H3;1H4. The molecule has 0 heterocycles. The van der Waals surface area contributed by atoms with Gasteiger partial charge in [-0.05, 0) is 89.8 Å². The summed E-state index contributed by atoms with van der Waals surface area (Å²) in [6, 6.07) is 0. The second kappa shape index (κ2) is 9.08. The fraction of sp³-hybridized carbons (Fsp3) is 0.931. The molecule has 5 fully saturated rings. The average molecular weight is 405 g/mol. The average Bonchev–Trinajstić information content (AvgIpc) is 3.34. The lowest BCUT2D eigenvalue weighted by Crippen LogP contribution is -1.90. The molecule has 5 rings (SSSR count). The van der Waals surface area contributed by atoms with E-state index >= 15 is 0 Å². The summed E-state index contributed by atoms with van der Waals surface area (Å²) in [5, 5.41) is 0. The molecule has 0 spiro atoms. The monoisotopic (exact) mass is 404 g/mol. The maximum Gasteiger partial charge on any atom is -0.0179 e. The van der Waals surface area contributed by atoms with Gasteiger partial charge in [0.25, 0.3) is 0 Å². The van der Waals surface area contributed by atoms with E-state index < -0.39 is 0 Å². The van der Waals surface area contributed by atoms with Crippen molar-refractivity contribution in [3.8, 4) is 0 Å². The molecule has 4 atom stereocenters. The molecule has 0 radical (unpaired) electrons. The third kappa shape index (κ3) is 8.41. The Kier molecular flexibility index (Phi) is 8.38. The summed E-state index contributed by atoms with van der Waals surface area (Å²) in [4.78, 5) is 0. The first-order valence-electron chi connectivity index (χ1n) is 12.3. The van der Waals surface area contributed by atoms with E-state index in [1.165, 1.54) is 44.9 Å². The third-order valence-corrected chi connectivity index (χ3v) is 8.87. The van der Waals surface area contributed by atoms with E-state index in [0.717, 1.165) is 40.4 Å². The van der Waals surface area contributed by atoms with E-state index in [2.05, 4.69) is 81.9 Å². The first-order valence-corrected chi connectivity index (χ1v) is 12.3. The molecule has 29 heavy (non-hydrogen) atoms. The molecule has 0 N–H and O–H groups in total. The van der Waals surface area contributed by atoms with Crippen molar-refractivity contribution in [3.63, 3.8) is 0 Å². The van der Waals surface area contributed by atoms with E-state index in [4.69, 9.17) is 0 Å². The van der Waals surface area contributed by atoms with Crippen LogP contribution in [0, 0.1) is 51.2 Å². The Hall–Kier alpha value is -0.260. The van der Waals surface area contributed by atoms with E-state index in [0.29, 0.717) is 10.8 Å². The van der Waals surface area contributed by atoms with E-state index in [1.54, 1.807) is 0 Å². The topological polar surface area (TPSA) is 0 Å². The van der Waals surface area contributed by atoms with Gasteiger partial charge < -0.3 is 0 Å². The molecule has 0 nitrogen and oxygen atoms in total. The number of allylic oxidation sites excluding steroid dienone is 1. The van der Waals surface area contributed by atoms with E-state index in [9.17, 15) is 0 Å². The smallest absolute Gasteiger partial charge is 0.0179 e. The van der Waals surface area contributed by atoms with Crippen molar-refractivity contribution >= 4 is 0 Å². The van der Waals surface area contributed by atoms with Crippen molar-refractivity contribution in [2.24, 2.45) is 51.2 Å². The molecule has 172 valence electrons. The van der Waals surface area contributed by atoms with Crippen LogP contribution in [0.4, 0.5) is 0 Å². The zero-order valence-corrected chi connectivity index (χ0v) is 21.1. The number of hydrogen-bond donors (Lipinski definition) is 0. The fourth-order valence-corrected chi connectivity index (χ4v) is 4.72. The highest BCUT2D eigenvalue weighted by molar-refractivity contribution is 5.04. The maximum absolute atomic E-state index is 3.72. The van der Waals surface area contributed by atoms with Crippen LogP contribution in [-0.4, -0.2) is 0 Å². The van der Waals surface area contributed by atoms with Crippen LogP contribution in [0.25, 0.3) is 0 Å². The van der Waals surface area contributed by atoms with Gasteiger partial charge in [-0.15, -0.1) is 6.58 Å². The van der Waals surface area contributed by atoms with Gasteiger partial charge in [0.15, 0.2) is 0 Å². The summed E-state index contributed by atoms with van der Waals surface area (Å²) in [7, 11) is 0. The molecule has 0 aromatic carbocycles. The van der Waals surface area contributed by atoms with E-state index in [1.807, 2.05) is 0 Å². The highest BCUT2D eigenvalue weighted by atomic mass is 14.6. The van der Waals surface area contributed by atoms with Crippen molar-refractivity contribution in [2.45, 2.75) is 122 Å². The van der Waals surface area contributed by atoms with Gasteiger partial charge in [-0.25, -0.2) is 0 Å². The Morgan fingerprint density at radius 1 is 0.759 bits per heavy atom. The lowest BCUT2D eigenvalue weighted by molar-refractivity contribution is 0.519. The third-order valence-electron chi connectivity index (χ3n) is 8.87. The molecule has 0 saturated heterocycles. The molecule has 0 bridgehead atoms. The Labute approximate surface area is 185 Å². The van der Waals surface area contributed by atoms with Gasteiger partial charge in [0, 0.05) is 0 Å². The van der Waals surface area contributed by atoms with Crippen LogP contribution in [0.3, 0.4) is 0 Å². The summed E-state index contributed by atoms with van der Waals surface area (Å²) in [6.07, 6.45) is 12.3. The lowest BCUT2D eigenvalue weighted by Gasteiger charge is -1.97. The molecule has 0 aromatic rings. The van der Waals surface area contributed by atoms with Gasteiger partial charge in [-0.1, -0.05) is 89.2 Å². The molecule has 0 heteroatoms. The van der Waals surface area contributed by atoms with Gasteiger partial charge in [0.2, 0.25) is 0 Å². The maximum atomic E-state index is 3.72. The molecule has 5 aliphatic rings. The Balaban J connectivity index is 0.000000192. The molecule has 0 amide bonds. The minimum Gasteiger partial charge on any atom is -0.103 e. The first-order chi connectivity index (χ1) is 12.7. The fourth-order valence-electron chi connectivity index (χ4n) is 4.72. The van der Waals surface area contributed by atoms with Gasteiger partial charge in [0.1, 0.15) is 0 Å². The summed E-state index contributed by atoms with van der Waals surface area (Å²) in [5.41, 5.74) is 2.78. The van der Waals surface area contributed by atoms with Gasteiger partial charge in [0.05, 0.1) is 0 Å². The van der Waals surface area contributed by atoms with Crippen LogP contribution in [-0.2, 0) is 0 Å². The minimum absolute atomic E-state index is 0. The summed E-state index contributed by atoms with van der Waals surface area (Å²) >= 11 is 0. The van der Waals surface area contributed by atoms with Crippen molar-refractivity contribution in [1.29, 1.82) is 0 Å². The highest BCUT2D eigenvalue weighted by Crippen LogP contribution is 2.62. The normalized spacial score (nSPS) is 36.8. The summed E-state index contributed by atoms with van der Waals surface area (Å²) in [5.74, 6) is 5.14. The summed E-state index contributed by atoms with van der Waals surface area (Å²) < 4.78 is 0. The van der Waals surface area contributed by atoms with Gasteiger partial charge in [-0.2, -0.15) is 0 Å². The lowest BCUT2D eigenvalue weighted by atomic mass is 10.1. The van der Waals surface area contributed by atoms with Crippen molar-refractivity contribution in [2.75, 3.05) is 0 Å². The molecular formula is C29H56. The zero-order chi connectivity index (χ0) is 21.5. The second-order valence-electron chi connectivity index (χ2n) is 13.6. The molecule has 5 aliphatic carbocycles. The van der Waals surface area contributed by atoms with Gasteiger partial charge in [-0.3, -0.25) is 0 Å². The van der Waals surface area contributed by atoms with Crippen LogP contribution in [0.5, 0.6) is 0 Å². The summed E-state index contributed by atoms with van der Waals surface area (Å²) in [6.45, 7) is 27.0. The largest absolute Gasteiger partial charge is 0.103 e. The van der Waals surface area contributed by atoms with Crippen LogP contribution >= 0.6 is 0 Å². The number of hydrogen-bond acceptors (Lipinski definition) is 0. The van der Waals surface area contributed by atoms with Crippen molar-refractivity contribution in [1.82, 2.24) is 0 Å². The predicted octanol–water partition coefficient (Wildman–Crippen LogP) is 9.79. The van der Waals surface area contributed by atoms with Gasteiger partial charge >= 0.3 is 0 Å². The number of rotatable bonds is 3.